The van der Waals surface area contributed by atoms with Gasteiger partial charge in [0.1, 0.15) is 6.61 Å². The molecule has 0 saturated carbocycles. The molecule has 0 aromatic heterocycles. The number of hydrogen-bond donors (Lipinski definition) is 1. The summed E-state index contributed by atoms with van der Waals surface area (Å²) in [6, 6.07) is 14.1. The smallest absolute Gasteiger partial charge is 0.133 e. The third-order valence-electron chi connectivity index (χ3n) is 2.45. The molecule has 0 heterocycles. The Morgan fingerprint density at radius 3 is 2.69 bits per heavy atom. The molecule has 0 fully saturated rings. The SMILES string of the molecule is O=[P+](O)OCCc1cccc2ccccc12. The highest BCUT2D eigenvalue weighted by molar-refractivity contribution is 7.32. The van der Waals surface area contributed by atoms with E-state index in [9.17, 15) is 4.57 Å². The lowest BCUT2D eigenvalue weighted by Gasteiger charge is -2.03. The predicted octanol–water partition coefficient (Wildman–Crippen LogP) is 3.05. The van der Waals surface area contributed by atoms with Gasteiger partial charge in [0.15, 0.2) is 0 Å². The number of fused-ring (bicyclic) bond motifs is 1. The summed E-state index contributed by atoms with van der Waals surface area (Å²) >= 11 is 0. The summed E-state index contributed by atoms with van der Waals surface area (Å²) in [4.78, 5) is 8.53. The van der Waals surface area contributed by atoms with Crippen LogP contribution in [0, 0.1) is 0 Å². The minimum Gasteiger partial charge on any atom is -0.133 e. The average molecular weight is 235 g/mol. The second-order valence-electron chi connectivity index (χ2n) is 3.46. The molecule has 3 nitrogen and oxygen atoms in total. The van der Waals surface area contributed by atoms with E-state index in [-0.39, 0.29) is 6.61 Å². The van der Waals surface area contributed by atoms with Crippen molar-refractivity contribution in [1.29, 1.82) is 0 Å². The van der Waals surface area contributed by atoms with Crippen LogP contribution in [0.15, 0.2) is 42.5 Å². The first-order chi connectivity index (χ1) is 7.77. The van der Waals surface area contributed by atoms with Gasteiger partial charge in [-0.05, 0) is 16.3 Å². The zero-order valence-electron chi connectivity index (χ0n) is 8.67. The van der Waals surface area contributed by atoms with E-state index in [1.807, 2.05) is 42.5 Å². The molecule has 0 amide bonds. The standard InChI is InChI=1S/C12H11O3P/c13-16(14)15-9-8-11-6-3-5-10-4-1-2-7-12(10)11/h1-7H,8-9H2/p+1. The summed E-state index contributed by atoms with van der Waals surface area (Å²) in [5, 5.41) is 2.34. The fourth-order valence-corrected chi connectivity index (χ4v) is 1.99. The Kier molecular flexibility index (Phi) is 3.62. The first-order valence-electron chi connectivity index (χ1n) is 5.03. The van der Waals surface area contributed by atoms with Crippen LogP contribution in [0.1, 0.15) is 5.56 Å². The van der Waals surface area contributed by atoms with Gasteiger partial charge in [0.2, 0.25) is 0 Å². The molecule has 2 aromatic carbocycles. The molecule has 0 aliphatic heterocycles. The molecule has 1 N–H and O–H groups in total. The van der Waals surface area contributed by atoms with Crippen molar-refractivity contribution in [1.82, 2.24) is 0 Å². The van der Waals surface area contributed by atoms with E-state index in [1.165, 1.54) is 10.8 Å². The van der Waals surface area contributed by atoms with Crippen LogP contribution in [0.4, 0.5) is 0 Å². The molecular formula is C12H12O3P+. The summed E-state index contributed by atoms with van der Waals surface area (Å²) in [5.74, 6) is 0. The zero-order chi connectivity index (χ0) is 11.4. The first-order valence-corrected chi connectivity index (χ1v) is 6.16. The molecule has 0 spiro atoms. The summed E-state index contributed by atoms with van der Waals surface area (Å²) in [7, 11) is -2.49. The van der Waals surface area contributed by atoms with Crippen LogP contribution in [-0.4, -0.2) is 11.5 Å². The first kappa shape index (κ1) is 11.2. The molecule has 0 saturated heterocycles. The van der Waals surface area contributed by atoms with E-state index in [4.69, 9.17) is 4.89 Å². The van der Waals surface area contributed by atoms with Crippen LogP contribution < -0.4 is 0 Å². The lowest BCUT2D eigenvalue weighted by molar-refractivity contribution is 0.285. The molecule has 0 bridgehead atoms. The monoisotopic (exact) mass is 235 g/mol. The molecule has 0 aliphatic carbocycles. The maximum atomic E-state index is 10.4. The average Bonchev–Trinajstić information content (AvgIpc) is 2.29. The Balaban J connectivity index is 2.20. The van der Waals surface area contributed by atoms with E-state index < -0.39 is 8.25 Å². The molecule has 1 unspecified atom stereocenters. The molecular weight excluding hydrogens is 223 g/mol. The van der Waals surface area contributed by atoms with E-state index >= 15 is 0 Å². The predicted molar refractivity (Wildman–Crippen MR) is 63.4 cm³/mol. The fraction of sp³-hybridized carbons (Fsp3) is 0.167. The maximum Gasteiger partial charge on any atom is 0.694 e. The van der Waals surface area contributed by atoms with E-state index in [1.54, 1.807) is 0 Å². The maximum absolute atomic E-state index is 10.4. The molecule has 2 rings (SSSR count). The lowest BCUT2D eigenvalue weighted by Crippen LogP contribution is -1.94. The van der Waals surface area contributed by atoms with Crippen LogP contribution in [0.3, 0.4) is 0 Å². The van der Waals surface area contributed by atoms with E-state index in [2.05, 4.69) is 4.52 Å². The Morgan fingerprint density at radius 1 is 1.12 bits per heavy atom. The van der Waals surface area contributed by atoms with Gasteiger partial charge in [0.05, 0.1) is 0 Å². The highest BCUT2D eigenvalue weighted by atomic mass is 31.1. The van der Waals surface area contributed by atoms with E-state index in [0.29, 0.717) is 6.42 Å². The van der Waals surface area contributed by atoms with Crippen molar-refractivity contribution in [2.75, 3.05) is 6.61 Å². The van der Waals surface area contributed by atoms with Crippen molar-refractivity contribution in [3.05, 3.63) is 48.0 Å². The minimum absolute atomic E-state index is 0.264. The summed E-state index contributed by atoms with van der Waals surface area (Å²) in [6.45, 7) is 0.264. The lowest BCUT2D eigenvalue weighted by atomic mass is 10.0. The van der Waals surface area contributed by atoms with Crippen molar-refractivity contribution in [3.8, 4) is 0 Å². The Bertz CT molecular complexity index is 505. The summed E-state index contributed by atoms with van der Waals surface area (Å²) in [5.41, 5.74) is 1.13. The zero-order valence-corrected chi connectivity index (χ0v) is 9.56. The Hall–Kier alpha value is -1.28. The molecule has 16 heavy (non-hydrogen) atoms. The van der Waals surface area contributed by atoms with Gasteiger partial charge in [-0.1, -0.05) is 42.5 Å². The third-order valence-corrected chi connectivity index (χ3v) is 2.86. The van der Waals surface area contributed by atoms with Crippen molar-refractivity contribution >= 4 is 19.0 Å². The van der Waals surface area contributed by atoms with Gasteiger partial charge >= 0.3 is 8.25 Å². The minimum atomic E-state index is -2.49. The van der Waals surface area contributed by atoms with Crippen molar-refractivity contribution in [2.24, 2.45) is 0 Å². The van der Waals surface area contributed by atoms with Gasteiger partial charge in [-0.3, -0.25) is 0 Å². The highest BCUT2D eigenvalue weighted by Gasteiger charge is 2.11. The molecule has 0 aliphatic rings. The molecule has 1 atom stereocenters. The van der Waals surface area contributed by atoms with E-state index in [0.717, 1.165) is 5.56 Å². The Labute approximate surface area is 94.6 Å². The number of hydrogen-bond acceptors (Lipinski definition) is 2. The second-order valence-corrected chi connectivity index (χ2v) is 4.19. The van der Waals surface area contributed by atoms with Gasteiger partial charge in [0, 0.05) is 11.0 Å². The normalized spacial score (nSPS) is 11.7. The Morgan fingerprint density at radius 2 is 1.88 bits per heavy atom. The fourth-order valence-electron chi connectivity index (χ4n) is 1.74. The second kappa shape index (κ2) is 5.17. The van der Waals surface area contributed by atoms with Gasteiger partial charge < -0.3 is 0 Å². The van der Waals surface area contributed by atoms with Crippen LogP contribution in [0.25, 0.3) is 10.8 Å². The van der Waals surface area contributed by atoms with Crippen LogP contribution in [0.2, 0.25) is 0 Å². The number of benzene rings is 2. The van der Waals surface area contributed by atoms with Crippen LogP contribution in [0.5, 0.6) is 0 Å². The number of rotatable bonds is 4. The van der Waals surface area contributed by atoms with Gasteiger partial charge in [0.25, 0.3) is 0 Å². The third kappa shape index (κ3) is 2.64. The molecule has 4 heteroatoms. The summed E-state index contributed by atoms with van der Waals surface area (Å²) < 4.78 is 15.0. The quantitative estimate of drug-likeness (QED) is 0.828. The van der Waals surface area contributed by atoms with Gasteiger partial charge in [-0.15, -0.1) is 9.42 Å². The van der Waals surface area contributed by atoms with Gasteiger partial charge in [-0.25, -0.2) is 0 Å². The molecule has 2 aromatic rings. The van der Waals surface area contributed by atoms with Crippen molar-refractivity contribution in [2.45, 2.75) is 6.42 Å². The van der Waals surface area contributed by atoms with Crippen LogP contribution in [-0.2, 0) is 15.5 Å². The summed E-state index contributed by atoms with van der Waals surface area (Å²) in [6.07, 6.45) is 0.642. The highest BCUT2D eigenvalue weighted by Crippen LogP contribution is 2.20. The van der Waals surface area contributed by atoms with Crippen LogP contribution >= 0.6 is 8.25 Å². The largest absolute Gasteiger partial charge is 0.694 e. The van der Waals surface area contributed by atoms with Crippen molar-refractivity contribution in [3.63, 3.8) is 0 Å². The molecule has 82 valence electrons. The van der Waals surface area contributed by atoms with Gasteiger partial charge in [-0.2, -0.15) is 0 Å². The molecule has 0 radical (unpaired) electrons. The van der Waals surface area contributed by atoms with Crippen molar-refractivity contribution < 1.29 is 14.0 Å². The topological polar surface area (TPSA) is 46.5 Å².